The van der Waals surface area contributed by atoms with Gasteiger partial charge in [-0.3, -0.25) is 4.40 Å². The van der Waals surface area contributed by atoms with E-state index in [1.54, 1.807) is 7.11 Å². The number of hydrogen-bond acceptors (Lipinski definition) is 3. The fraction of sp³-hybridized carbons (Fsp3) is 0.294. The average Bonchev–Trinajstić information content (AvgIpc) is 2.96. The van der Waals surface area contributed by atoms with Crippen LogP contribution in [0.15, 0.2) is 36.5 Å². The fourth-order valence-electron chi connectivity index (χ4n) is 2.59. The first kappa shape index (κ1) is 14.9. The Balaban J connectivity index is 2.27. The molecule has 3 aromatic rings. The van der Waals surface area contributed by atoms with Crippen LogP contribution in [0.1, 0.15) is 30.9 Å². The molecular weight excluding hydrogens is 298 g/mol. The Morgan fingerprint density at radius 1 is 1.18 bits per heavy atom. The normalized spacial score (nSPS) is 11.3. The lowest BCUT2D eigenvalue weighted by Crippen LogP contribution is -2.03. The molecule has 2 aromatic heterocycles. The molecule has 0 aliphatic heterocycles. The number of rotatable bonds is 4. The van der Waals surface area contributed by atoms with Crippen LogP contribution in [0.2, 0.25) is 0 Å². The second kappa shape index (κ2) is 5.97. The summed E-state index contributed by atoms with van der Waals surface area (Å²) in [5.41, 5.74) is 3.99. The average molecular weight is 316 g/mol. The predicted octanol–water partition coefficient (Wildman–Crippen LogP) is 4.27. The largest absolute Gasteiger partial charge is 0.468 e. The summed E-state index contributed by atoms with van der Waals surface area (Å²) in [7, 11) is 1.61. The first-order valence-corrected chi connectivity index (χ1v) is 7.76. The molecule has 0 spiro atoms. The number of alkyl halides is 1. The van der Waals surface area contributed by atoms with Gasteiger partial charge in [-0.05, 0) is 17.5 Å². The van der Waals surface area contributed by atoms with Crippen molar-refractivity contribution in [3.63, 3.8) is 0 Å². The molecule has 5 heteroatoms. The Morgan fingerprint density at radius 2 is 1.95 bits per heavy atom. The molecular formula is C17H18ClN3O. The van der Waals surface area contributed by atoms with Crippen molar-refractivity contribution in [2.75, 3.05) is 7.11 Å². The van der Waals surface area contributed by atoms with Crippen molar-refractivity contribution in [1.82, 2.24) is 14.4 Å². The van der Waals surface area contributed by atoms with Gasteiger partial charge in [0.15, 0.2) is 5.82 Å². The van der Waals surface area contributed by atoms with E-state index in [1.165, 1.54) is 5.56 Å². The summed E-state index contributed by atoms with van der Waals surface area (Å²) in [6, 6.07) is 10.6. The van der Waals surface area contributed by atoms with E-state index in [1.807, 2.05) is 34.9 Å². The quantitative estimate of drug-likeness (QED) is 0.675. The third kappa shape index (κ3) is 2.44. The maximum absolute atomic E-state index is 6.01. The fourth-order valence-corrected chi connectivity index (χ4v) is 2.80. The third-order valence-electron chi connectivity index (χ3n) is 3.71. The van der Waals surface area contributed by atoms with E-state index in [0.29, 0.717) is 23.6 Å². The maximum Gasteiger partial charge on any atom is 0.303 e. The molecule has 0 aliphatic carbocycles. The summed E-state index contributed by atoms with van der Waals surface area (Å²) in [5, 5.41) is 0. The second-order valence-electron chi connectivity index (χ2n) is 5.44. The standard InChI is InChI=1S/C17H18ClN3O/c1-11(2)13-6-4-5-7-14(13)15-19-16-12(10-18)8-9-21(16)17(20-15)22-3/h4-9,11H,10H2,1-3H3. The van der Waals surface area contributed by atoms with Gasteiger partial charge in [-0.1, -0.05) is 38.1 Å². The highest BCUT2D eigenvalue weighted by Crippen LogP contribution is 2.29. The molecule has 2 heterocycles. The summed E-state index contributed by atoms with van der Waals surface area (Å²) in [4.78, 5) is 9.28. The first-order valence-electron chi connectivity index (χ1n) is 7.23. The van der Waals surface area contributed by atoms with Crippen molar-refractivity contribution in [3.8, 4) is 17.4 Å². The number of hydrogen-bond donors (Lipinski definition) is 0. The van der Waals surface area contributed by atoms with Gasteiger partial charge in [-0.15, -0.1) is 11.6 Å². The van der Waals surface area contributed by atoms with Crippen molar-refractivity contribution in [3.05, 3.63) is 47.7 Å². The van der Waals surface area contributed by atoms with Crippen LogP contribution in [0.5, 0.6) is 6.01 Å². The van der Waals surface area contributed by atoms with E-state index in [9.17, 15) is 0 Å². The summed E-state index contributed by atoms with van der Waals surface area (Å²) in [5.74, 6) is 1.46. The molecule has 0 radical (unpaired) electrons. The molecule has 114 valence electrons. The highest BCUT2D eigenvalue weighted by molar-refractivity contribution is 6.17. The number of fused-ring (bicyclic) bond motifs is 1. The van der Waals surface area contributed by atoms with Gasteiger partial charge >= 0.3 is 6.01 Å². The van der Waals surface area contributed by atoms with Gasteiger partial charge in [-0.25, -0.2) is 4.98 Å². The lowest BCUT2D eigenvalue weighted by molar-refractivity contribution is 0.373. The molecule has 0 atom stereocenters. The highest BCUT2D eigenvalue weighted by atomic mass is 35.5. The van der Waals surface area contributed by atoms with Gasteiger partial charge in [-0.2, -0.15) is 4.98 Å². The Morgan fingerprint density at radius 3 is 2.64 bits per heavy atom. The Hall–Kier alpha value is -2.07. The molecule has 22 heavy (non-hydrogen) atoms. The lowest BCUT2D eigenvalue weighted by Gasteiger charge is -2.13. The first-order chi connectivity index (χ1) is 10.7. The van der Waals surface area contributed by atoms with E-state index in [4.69, 9.17) is 21.3 Å². The molecule has 4 nitrogen and oxygen atoms in total. The molecule has 0 bridgehead atoms. The molecule has 0 amide bonds. The number of halogens is 1. The number of ether oxygens (including phenoxy) is 1. The van der Waals surface area contributed by atoms with Gasteiger partial charge in [0.1, 0.15) is 5.65 Å². The molecule has 0 saturated heterocycles. The van der Waals surface area contributed by atoms with Gasteiger partial charge in [0.05, 0.1) is 13.0 Å². The van der Waals surface area contributed by atoms with Crippen LogP contribution < -0.4 is 4.74 Å². The van der Waals surface area contributed by atoms with Crippen molar-refractivity contribution in [1.29, 1.82) is 0 Å². The SMILES string of the molecule is COc1nc(-c2ccccc2C(C)C)nc2c(CCl)ccn12. The molecule has 0 N–H and O–H groups in total. The van der Waals surface area contributed by atoms with Crippen LogP contribution in [0.3, 0.4) is 0 Å². The third-order valence-corrected chi connectivity index (χ3v) is 4.00. The van der Waals surface area contributed by atoms with Crippen LogP contribution in [0.4, 0.5) is 0 Å². The van der Waals surface area contributed by atoms with E-state index < -0.39 is 0 Å². The Bertz CT molecular complexity index is 811. The molecule has 1 aromatic carbocycles. The van der Waals surface area contributed by atoms with Crippen LogP contribution in [-0.2, 0) is 5.88 Å². The molecule has 3 rings (SSSR count). The summed E-state index contributed by atoms with van der Waals surface area (Å²) in [6.07, 6.45) is 1.88. The Kier molecular flexibility index (Phi) is 4.03. The smallest absolute Gasteiger partial charge is 0.303 e. The number of methoxy groups -OCH3 is 1. The number of benzene rings is 1. The number of nitrogens with zero attached hydrogens (tertiary/aromatic N) is 3. The summed E-state index contributed by atoms with van der Waals surface area (Å²) >= 11 is 6.01. The topological polar surface area (TPSA) is 39.4 Å². The van der Waals surface area contributed by atoms with Crippen molar-refractivity contribution in [2.24, 2.45) is 0 Å². The van der Waals surface area contributed by atoms with Gasteiger partial charge in [0, 0.05) is 17.3 Å². The molecule has 0 saturated carbocycles. The van der Waals surface area contributed by atoms with Gasteiger partial charge in [0.25, 0.3) is 0 Å². The van der Waals surface area contributed by atoms with E-state index >= 15 is 0 Å². The second-order valence-corrected chi connectivity index (χ2v) is 5.71. The van der Waals surface area contributed by atoms with E-state index in [2.05, 4.69) is 24.9 Å². The van der Waals surface area contributed by atoms with Crippen LogP contribution in [0, 0.1) is 0 Å². The van der Waals surface area contributed by atoms with Crippen molar-refractivity contribution < 1.29 is 4.74 Å². The van der Waals surface area contributed by atoms with Crippen LogP contribution in [-0.4, -0.2) is 21.5 Å². The lowest BCUT2D eigenvalue weighted by atomic mass is 9.97. The van der Waals surface area contributed by atoms with Gasteiger partial charge < -0.3 is 4.74 Å². The molecule has 0 fully saturated rings. The minimum Gasteiger partial charge on any atom is -0.468 e. The highest BCUT2D eigenvalue weighted by Gasteiger charge is 2.15. The van der Waals surface area contributed by atoms with Crippen molar-refractivity contribution >= 4 is 17.2 Å². The monoisotopic (exact) mass is 315 g/mol. The Labute approximate surface area is 134 Å². The van der Waals surface area contributed by atoms with E-state index in [-0.39, 0.29) is 0 Å². The predicted molar refractivity (Wildman–Crippen MR) is 88.6 cm³/mol. The number of aromatic nitrogens is 3. The minimum atomic E-state index is 0.390. The summed E-state index contributed by atoms with van der Waals surface area (Å²) < 4.78 is 7.24. The van der Waals surface area contributed by atoms with E-state index in [0.717, 1.165) is 16.8 Å². The van der Waals surface area contributed by atoms with Crippen LogP contribution >= 0.6 is 11.6 Å². The zero-order valence-corrected chi connectivity index (χ0v) is 13.6. The van der Waals surface area contributed by atoms with Crippen LogP contribution in [0.25, 0.3) is 17.0 Å². The minimum absolute atomic E-state index is 0.390. The van der Waals surface area contributed by atoms with Crippen molar-refractivity contribution in [2.45, 2.75) is 25.6 Å². The maximum atomic E-state index is 6.01. The molecule has 0 aliphatic rings. The zero-order valence-electron chi connectivity index (χ0n) is 12.9. The summed E-state index contributed by atoms with van der Waals surface area (Å²) in [6.45, 7) is 4.33. The zero-order chi connectivity index (χ0) is 15.7. The van der Waals surface area contributed by atoms with Gasteiger partial charge in [0.2, 0.25) is 0 Å². The molecule has 0 unspecified atom stereocenters.